The first-order chi connectivity index (χ1) is 9.18. The normalized spacial score (nSPS) is 10.5. The Labute approximate surface area is 113 Å². The minimum atomic E-state index is -0.0341. The van der Waals surface area contributed by atoms with Crippen LogP contribution in [0.1, 0.15) is 41.3 Å². The van der Waals surface area contributed by atoms with Crippen molar-refractivity contribution >= 4 is 5.91 Å². The van der Waals surface area contributed by atoms with Crippen molar-refractivity contribution in [3.05, 3.63) is 65.5 Å². The van der Waals surface area contributed by atoms with E-state index in [0.717, 1.165) is 16.7 Å². The predicted octanol–water partition coefficient (Wildman–Crippen LogP) is 3.14. The van der Waals surface area contributed by atoms with E-state index in [2.05, 4.69) is 24.1 Å². The van der Waals surface area contributed by atoms with Gasteiger partial charge in [-0.3, -0.25) is 9.78 Å². The molecule has 0 saturated carbocycles. The van der Waals surface area contributed by atoms with Gasteiger partial charge in [0.1, 0.15) is 0 Å². The lowest BCUT2D eigenvalue weighted by Gasteiger charge is -2.12. The van der Waals surface area contributed by atoms with Gasteiger partial charge in [0, 0.05) is 24.5 Å². The average Bonchev–Trinajstić information content (AvgIpc) is 2.46. The molecule has 0 spiro atoms. The lowest BCUT2D eigenvalue weighted by molar-refractivity contribution is 0.0949. The molecule has 0 fully saturated rings. The number of hydrogen-bond donors (Lipinski definition) is 1. The van der Waals surface area contributed by atoms with Gasteiger partial charge in [0.25, 0.3) is 5.91 Å². The zero-order valence-electron chi connectivity index (χ0n) is 11.3. The molecule has 3 heteroatoms. The van der Waals surface area contributed by atoms with Crippen molar-refractivity contribution in [1.82, 2.24) is 10.3 Å². The maximum atomic E-state index is 12.2. The van der Waals surface area contributed by atoms with Crippen molar-refractivity contribution in [3.8, 4) is 0 Å². The van der Waals surface area contributed by atoms with Crippen LogP contribution < -0.4 is 5.32 Å². The highest BCUT2D eigenvalue weighted by Gasteiger charge is 2.12. The van der Waals surface area contributed by atoms with Gasteiger partial charge in [-0.25, -0.2) is 0 Å². The standard InChI is InChI=1S/C16H18N2O/c1-12(2)14-7-3-4-8-15(14)16(19)18-11-13-6-5-9-17-10-13/h3-10,12H,11H2,1-2H3,(H,18,19). The maximum absolute atomic E-state index is 12.2. The number of benzene rings is 1. The third kappa shape index (κ3) is 3.41. The van der Waals surface area contributed by atoms with Gasteiger partial charge < -0.3 is 5.32 Å². The molecule has 2 rings (SSSR count). The van der Waals surface area contributed by atoms with E-state index in [-0.39, 0.29) is 5.91 Å². The molecule has 2 aromatic rings. The number of aromatic nitrogens is 1. The molecule has 0 aliphatic carbocycles. The molecule has 1 aromatic carbocycles. The molecule has 0 atom stereocenters. The number of nitrogens with zero attached hydrogens (tertiary/aromatic N) is 1. The maximum Gasteiger partial charge on any atom is 0.251 e. The summed E-state index contributed by atoms with van der Waals surface area (Å²) in [6, 6.07) is 11.5. The summed E-state index contributed by atoms with van der Waals surface area (Å²) in [6.45, 7) is 4.68. The molecular formula is C16H18N2O. The first-order valence-corrected chi connectivity index (χ1v) is 6.44. The van der Waals surface area contributed by atoms with Crippen molar-refractivity contribution in [3.63, 3.8) is 0 Å². The number of carbonyl (C=O) groups excluding carboxylic acids is 1. The highest BCUT2D eigenvalue weighted by atomic mass is 16.1. The third-order valence-corrected chi connectivity index (χ3v) is 3.00. The summed E-state index contributed by atoms with van der Waals surface area (Å²) >= 11 is 0. The van der Waals surface area contributed by atoms with Crippen LogP contribution in [0, 0.1) is 0 Å². The summed E-state index contributed by atoms with van der Waals surface area (Å²) in [5.41, 5.74) is 2.82. The van der Waals surface area contributed by atoms with Crippen LogP contribution in [-0.2, 0) is 6.54 Å². The molecule has 3 nitrogen and oxygen atoms in total. The summed E-state index contributed by atoms with van der Waals surface area (Å²) in [5, 5.41) is 2.93. The number of pyridine rings is 1. The van der Waals surface area contributed by atoms with E-state index in [0.29, 0.717) is 12.5 Å². The highest BCUT2D eigenvalue weighted by molar-refractivity contribution is 5.95. The minimum Gasteiger partial charge on any atom is -0.348 e. The lowest BCUT2D eigenvalue weighted by Crippen LogP contribution is -2.24. The van der Waals surface area contributed by atoms with Crippen molar-refractivity contribution in [2.45, 2.75) is 26.3 Å². The van der Waals surface area contributed by atoms with Gasteiger partial charge in [-0.05, 0) is 29.2 Å². The highest BCUT2D eigenvalue weighted by Crippen LogP contribution is 2.19. The molecule has 0 aliphatic heterocycles. The Balaban J connectivity index is 2.08. The zero-order chi connectivity index (χ0) is 13.7. The van der Waals surface area contributed by atoms with Gasteiger partial charge in [0.2, 0.25) is 0 Å². The molecule has 0 radical (unpaired) electrons. The Morgan fingerprint density at radius 1 is 1.21 bits per heavy atom. The van der Waals surface area contributed by atoms with Crippen molar-refractivity contribution in [2.75, 3.05) is 0 Å². The van der Waals surface area contributed by atoms with Gasteiger partial charge in [0.15, 0.2) is 0 Å². The summed E-state index contributed by atoms with van der Waals surface area (Å²) < 4.78 is 0. The molecule has 0 saturated heterocycles. The predicted molar refractivity (Wildman–Crippen MR) is 75.9 cm³/mol. The molecule has 19 heavy (non-hydrogen) atoms. The average molecular weight is 254 g/mol. The van der Waals surface area contributed by atoms with E-state index in [9.17, 15) is 4.79 Å². The smallest absolute Gasteiger partial charge is 0.251 e. The number of rotatable bonds is 4. The Hall–Kier alpha value is -2.16. The van der Waals surface area contributed by atoms with E-state index < -0.39 is 0 Å². The van der Waals surface area contributed by atoms with Crippen molar-refractivity contribution < 1.29 is 4.79 Å². The number of amides is 1. The monoisotopic (exact) mass is 254 g/mol. The first-order valence-electron chi connectivity index (χ1n) is 6.44. The van der Waals surface area contributed by atoms with Crippen molar-refractivity contribution in [2.24, 2.45) is 0 Å². The second kappa shape index (κ2) is 6.14. The van der Waals surface area contributed by atoms with Crippen molar-refractivity contribution in [1.29, 1.82) is 0 Å². The number of hydrogen-bond acceptors (Lipinski definition) is 2. The van der Waals surface area contributed by atoms with Gasteiger partial charge >= 0.3 is 0 Å². The van der Waals surface area contributed by atoms with Crippen LogP contribution in [0.5, 0.6) is 0 Å². The molecule has 0 aliphatic rings. The second-order valence-corrected chi connectivity index (χ2v) is 4.79. The van der Waals surface area contributed by atoms with Gasteiger partial charge in [-0.15, -0.1) is 0 Å². The SMILES string of the molecule is CC(C)c1ccccc1C(=O)NCc1cccnc1. The van der Waals surface area contributed by atoms with E-state index >= 15 is 0 Å². The summed E-state index contributed by atoms with van der Waals surface area (Å²) in [5.74, 6) is 0.300. The van der Waals surface area contributed by atoms with Crippen LogP contribution in [0.15, 0.2) is 48.8 Å². The summed E-state index contributed by atoms with van der Waals surface area (Å²) in [6.07, 6.45) is 3.48. The summed E-state index contributed by atoms with van der Waals surface area (Å²) in [7, 11) is 0. The van der Waals surface area contributed by atoms with Crippen LogP contribution in [0.4, 0.5) is 0 Å². The Kier molecular flexibility index (Phi) is 4.29. The third-order valence-electron chi connectivity index (χ3n) is 3.00. The fourth-order valence-corrected chi connectivity index (χ4v) is 1.99. The molecule has 0 unspecified atom stereocenters. The quantitative estimate of drug-likeness (QED) is 0.910. The molecular weight excluding hydrogens is 236 g/mol. The zero-order valence-corrected chi connectivity index (χ0v) is 11.3. The fourth-order valence-electron chi connectivity index (χ4n) is 1.99. The van der Waals surface area contributed by atoms with E-state index in [1.54, 1.807) is 12.4 Å². The van der Waals surface area contributed by atoms with Crippen LogP contribution in [0.3, 0.4) is 0 Å². The Bertz CT molecular complexity index is 550. The number of nitrogens with one attached hydrogen (secondary N) is 1. The van der Waals surface area contributed by atoms with E-state index in [1.807, 2.05) is 36.4 Å². The van der Waals surface area contributed by atoms with Crippen LogP contribution >= 0.6 is 0 Å². The van der Waals surface area contributed by atoms with E-state index in [4.69, 9.17) is 0 Å². The first kappa shape index (κ1) is 13.3. The molecule has 1 aromatic heterocycles. The Morgan fingerprint density at radius 3 is 2.68 bits per heavy atom. The van der Waals surface area contributed by atoms with Gasteiger partial charge in [-0.1, -0.05) is 38.1 Å². The fraction of sp³-hybridized carbons (Fsp3) is 0.250. The second-order valence-electron chi connectivity index (χ2n) is 4.79. The lowest BCUT2D eigenvalue weighted by atomic mass is 9.97. The summed E-state index contributed by atoms with van der Waals surface area (Å²) in [4.78, 5) is 16.2. The van der Waals surface area contributed by atoms with Crippen LogP contribution in [0.25, 0.3) is 0 Å². The van der Waals surface area contributed by atoms with Crippen LogP contribution in [-0.4, -0.2) is 10.9 Å². The number of carbonyl (C=O) groups is 1. The van der Waals surface area contributed by atoms with Crippen LogP contribution in [0.2, 0.25) is 0 Å². The molecule has 0 bridgehead atoms. The molecule has 98 valence electrons. The molecule has 1 N–H and O–H groups in total. The van der Waals surface area contributed by atoms with Gasteiger partial charge in [-0.2, -0.15) is 0 Å². The largest absolute Gasteiger partial charge is 0.348 e. The molecule has 1 amide bonds. The minimum absolute atomic E-state index is 0.0341. The van der Waals surface area contributed by atoms with Gasteiger partial charge in [0.05, 0.1) is 0 Å². The Morgan fingerprint density at radius 2 is 2.00 bits per heavy atom. The molecule has 1 heterocycles. The van der Waals surface area contributed by atoms with E-state index in [1.165, 1.54) is 0 Å². The topological polar surface area (TPSA) is 42.0 Å².